The van der Waals surface area contributed by atoms with Gasteiger partial charge in [0, 0.05) is 30.9 Å². The van der Waals surface area contributed by atoms with Crippen LogP contribution in [0.25, 0.3) is 0 Å². The summed E-state index contributed by atoms with van der Waals surface area (Å²) in [4.78, 5) is 2.60. The molecule has 2 saturated heterocycles. The minimum absolute atomic E-state index is 0.614. The summed E-state index contributed by atoms with van der Waals surface area (Å²) in [5, 5.41) is 12.9. The van der Waals surface area contributed by atoms with E-state index in [-0.39, 0.29) is 0 Å². The SMILES string of the molecule is CCCCc1c(C#N)cccc1N1C2CCC1CNC2. The molecule has 0 radical (unpaired) electrons. The van der Waals surface area contributed by atoms with E-state index in [0.717, 1.165) is 31.5 Å². The number of piperazine rings is 1. The molecule has 1 N–H and O–H groups in total. The predicted octanol–water partition coefficient (Wildman–Crippen LogP) is 2.84. The van der Waals surface area contributed by atoms with E-state index in [4.69, 9.17) is 0 Å². The number of unbranched alkanes of at least 4 members (excludes halogenated alkanes) is 1. The Balaban J connectivity index is 1.98. The second kappa shape index (κ2) is 5.85. The van der Waals surface area contributed by atoms with Gasteiger partial charge < -0.3 is 10.2 Å². The zero-order valence-electron chi connectivity index (χ0n) is 12.2. The second-order valence-corrected chi connectivity index (χ2v) is 5.97. The molecule has 2 bridgehead atoms. The van der Waals surface area contributed by atoms with Crippen LogP contribution in [0, 0.1) is 11.3 Å². The van der Waals surface area contributed by atoms with Gasteiger partial charge in [-0.1, -0.05) is 19.4 Å². The normalized spacial score (nSPS) is 24.7. The molecule has 3 rings (SSSR count). The van der Waals surface area contributed by atoms with Gasteiger partial charge >= 0.3 is 0 Å². The summed E-state index contributed by atoms with van der Waals surface area (Å²) in [6.07, 6.45) is 5.92. The smallest absolute Gasteiger partial charge is 0.0995 e. The van der Waals surface area contributed by atoms with E-state index in [1.54, 1.807) is 0 Å². The molecule has 2 aliphatic rings. The van der Waals surface area contributed by atoms with Crippen molar-refractivity contribution in [2.75, 3.05) is 18.0 Å². The minimum Gasteiger partial charge on any atom is -0.363 e. The third kappa shape index (κ3) is 2.29. The van der Waals surface area contributed by atoms with Gasteiger partial charge in [-0.05, 0) is 43.4 Å². The first-order valence-electron chi connectivity index (χ1n) is 7.86. The lowest BCUT2D eigenvalue weighted by atomic mass is 9.98. The quantitative estimate of drug-likeness (QED) is 0.913. The van der Waals surface area contributed by atoms with Crippen LogP contribution >= 0.6 is 0 Å². The molecule has 0 aliphatic carbocycles. The molecule has 3 heteroatoms. The summed E-state index contributed by atoms with van der Waals surface area (Å²) < 4.78 is 0. The van der Waals surface area contributed by atoms with E-state index in [2.05, 4.69) is 29.3 Å². The van der Waals surface area contributed by atoms with E-state index < -0.39 is 0 Å². The van der Waals surface area contributed by atoms with Crippen LogP contribution < -0.4 is 10.2 Å². The fraction of sp³-hybridized carbons (Fsp3) is 0.588. The van der Waals surface area contributed by atoms with E-state index >= 15 is 0 Å². The number of hydrogen-bond acceptors (Lipinski definition) is 3. The third-order valence-electron chi connectivity index (χ3n) is 4.71. The summed E-state index contributed by atoms with van der Waals surface area (Å²) in [6.45, 7) is 4.38. The lowest BCUT2D eigenvalue weighted by Crippen LogP contribution is -2.52. The van der Waals surface area contributed by atoms with Crippen molar-refractivity contribution < 1.29 is 0 Å². The van der Waals surface area contributed by atoms with Crippen molar-refractivity contribution in [3.05, 3.63) is 29.3 Å². The van der Waals surface area contributed by atoms with Gasteiger partial charge in [0.2, 0.25) is 0 Å². The molecule has 1 aromatic rings. The Kier molecular flexibility index (Phi) is 3.93. The monoisotopic (exact) mass is 269 g/mol. The Bertz CT molecular complexity index is 501. The molecule has 2 heterocycles. The van der Waals surface area contributed by atoms with E-state index in [0.29, 0.717) is 12.1 Å². The molecule has 3 nitrogen and oxygen atoms in total. The maximum atomic E-state index is 9.41. The fourth-order valence-electron chi connectivity index (χ4n) is 3.71. The molecule has 2 aliphatic heterocycles. The lowest BCUT2D eigenvalue weighted by Gasteiger charge is -2.38. The summed E-state index contributed by atoms with van der Waals surface area (Å²) in [5.74, 6) is 0. The van der Waals surface area contributed by atoms with Crippen molar-refractivity contribution in [3.8, 4) is 6.07 Å². The Hall–Kier alpha value is -1.53. The standard InChI is InChI=1S/C17H23N3/c1-2-3-6-16-13(10-18)5-4-7-17(16)20-14-8-9-15(20)12-19-11-14/h4-5,7,14-15,19H,2-3,6,8-9,11-12H2,1H3. The van der Waals surface area contributed by atoms with Gasteiger partial charge in [0.1, 0.15) is 0 Å². The summed E-state index contributed by atoms with van der Waals surface area (Å²) in [6, 6.07) is 9.86. The average molecular weight is 269 g/mol. The Morgan fingerprint density at radius 2 is 2.05 bits per heavy atom. The van der Waals surface area contributed by atoms with Gasteiger partial charge in [-0.3, -0.25) is 0 Å². The van der Waals surface area contributed by atoms with Gasteiger partial charge in [-0.15, -0.1) is 0 Å². The Morgan fingerprint density at radius 1 is 1.30 bits per heavy atom. The molecule has 0 amide bonds. The van der Waals surface area contributed by atoms with Crippen LogP contribution in [0.1, 0.15) is 43.7 Å². The molecule has 0 spiro atoms. The van der Waals surface area contributed by atoms with Crippen LogP contribution in [0.3, 0.4) is 0 Å². The minimum atomic E-state index is 0.614. The van der Waals surface area contributed by atoms with Crippen LogP contribution in [-0.2, 0) is 6.42 Å². The number of hydrogen-bond donors (Lipinski definition) is 1. The number of nitriles is 1. The highest BCUT2D eigenvalue weighted by Gasteiger charge is 2.37. The molecule has 0 aromatic heterocycles. The molecule has 0 saturated carbocycles. The van der Waals surface area contributed by atoms with Gasteiger partial charge in [0.15, 0.2) is 0 Å². The molecular formula is C17H23N3. The van der Waals surface area contributed by atoms with E-state index in [1.807, 2.05) is 12.1 Å². The average Bonchev–Trinajstić information content (AvgIpc) is 2.73. The van der Waals surface area contributed by atoms with Crippen molar-refractivity contribution in [1.82, 2.24) is 5.32 Å². The van der Waals surface area contributed by atoms with Crippen LogP contribution in [0.4, 0.5) is 5.69 Å². The molecule has 20 heavy (non-hydrogen) atoms. The molecular weight excluding hydrogens is 246 g/mol. The van der Waals surface area contributed by atoms with Gasteiger partial charge in [0.25, 0.3) is 0 Å². The Morgan fingerprint density at radius 3 is 2.70 bits per heavy atom. The number of rotatable bonds is 4. The lowest BCUT2D eigenvalue weighted by molar-refractivity contribution is 0.483. The molecule has 1 aromatic carbocycles. The first-order chi connectivity index (χ1) is 9.85. The molecule has 2 fully saturated rings. The van der Waals surface area contributed by atoms with Gasteiger partial charge in [-0.2, -0.15) is 5.26 Å². The number of nitrogens with one attached hydrogen (secondary N) is 1. The third-order valence-corrected chi connectivity index (χ3v) is 4.71. The van der Waals surface area contributed by atoms with Gasteiger partial charge in [-0.25, -0.2) is 0 Å². The van der Waals surface area contributed by atoms with Crippen molar-refractivity contribution >= 4 is 5.69 Å². The van der Waals surface area contributed by atoms with Gasteiger partial charge in [0.05, 0.1) is 11.6 Å². The first kappa shape index (κ1) is 13.5. The number of anilines is 1. The summed E-state index contributed by atoms with van der Waals surface area (Å²) >= 11 is 0. The van der Waals surface area contributed by atoms with Crippen molar-refractivity contribution in [3.63, 3.8) is 0 Å². The largest absolute Gasteiger partial charge is 0.363 e. The Labute approximate surface area is 121 Å². The molecule has 2 unspecified atom stereocenters. The molecule has 106 valence electrons. The number of nitrogens with zero attached hydrogens (tertiary/aromatic N) is 2. The second-order valence-electron chi connectivity index (χ2n) is 5.97. The van der Waals surface area contributed by atoms with Crippen LogP contribution in [0.15, 0.2) is 18.2 Å². The highest BCUT2D eigenvalue weighted by Crippen LogP contribution is 2.36. The number of fused-ring (bicyclic) bond motifs is 2. The number of benzene rings is 1. The maximum absolute atomic E-state index is 9.41. The van der Waals surface area contributed by atoms with Crippen LogP contribution in [0.2, 0.25) is 0 Å². The maximum Gasteiger partial charge on any atom is 0.0995 e. The highest BCUT2D eigenvalue weighted by molar-refractivity contribution is 5.62. The predicted molar refractivity (Wildman–Crippen MR) is 81.9 cm³/mol. The first-order valence-corrected chi connectivity index (χ1v) is 7.86. The zero-order chi connectivity index (χ0) is 13.9. The van der Waals surface area contributed by atoms with Crippen LogP contribution in [0.5, 0.6) is 0 Å². The molecule has 2 atom stereocenters. The van der Waals surface area contributed by atoms with Crippen LogP contribution in [-0.4, -0.2) is 25.2 Å². The zero-order valence-corrected chi connectivity index (χ0v) is 12.2. The van der Waals surface area contributed by atoms with Crippen molar-refractivity contribution in [2.24, 2.45) is 0 Å². The van der Waals surface area contributed by atoms with E-state index in [9.17, 15) is 5.26 Å². The summed E-state index contributed by atoms with van der Waals surface area (Å²) in [7, 11) is 0. The topological polar surface area (TPSA) is 39.1 Å². The highest BCUT2D eigenvalue weighted by atomic mass is 15.3. The van der Waals surface area contributed by atoms with Crippen molar-refractivity contribution in [2.45, 2.75) is 51.1 Å². The summed E-state index contributed by atoms with van der Waals surface area (Å²) in [5.41, 5.74) is 3.47. The van der Waals surface area contributed by atoms with Crippen molar-refractivity contribution in [1.29, 1.82) is 5.26 Å². The fourth-order valence-corrected chi connectivity index (χ4v) is 3.71. The van der Waals surface area contributed by atoms with E-state index in [1.165, 1.54) is 30.5 Å².